The van der Waals surface area contributed by atoms with Crippen LogP contribution in [-0.2, 0) is 21.1 Å². The van der Waals surface area contributed by atoms with E-state index in [1.807, 2.05) is 0 Å². The molecule has 1 aliphatic heterocycles. The SMILES string of the molecule is CC(C)(O)C(=O)N1CC[C@H](NS(=N)(=O)C2(F)CC2)[C@@H]1Cc1cccc(-c2cc(F)cc(F)c2)c1F. The number of nitrogens with one attached hydrogen (secondary N) is 2. The molecule has 11 heteroatoms. The lowest BCUT2D eigenvalue weighted by Gasteiger charge is -2.33. The average Bonchev–Trinajstić information content (AvgIpc) is 3.40. The summed E-state index contributed by atoms with van der Waals surface area (Å²) in [5.74, 6) is -3.13. The molecule has 2 aromatic rings. The first kappa shape index (κ1) is 25.6. The van der Waals surface area contributed by atoms with Gasteiger partial charge in [-0.1, -0.05) is 18.2 Å². The Labute approximate surface area is 201 Å². The van der Waals surface area contributed by atoms with Crippen molar-refractivity contribution in [2.75, 3.05) is 6.54 Å². The molecule has 35 heavy (non-hydrogen) atoms. The average molecular weight is 514 g/mol. The van der Waals surface area contributed by atoms with Crippen molar-refractivity contribution in [2.24, 2.45) is 0 Å². The van der Waals surface area contributed by atoms with Gasteiger partial charge in [0, 0.05) is 24.2 Å². The normalized spacial score (nSPS) is 23.2. The van der Waals surface area contributed by atoms with Gasteiger partial charge in [0.25, 0.3) is 5.91 Å². The minimum atomic E-state index is -3.84. The summed E-state index contributed by atoms with van der Waals surface area (Å²) in [5, 5.41) is 8.14. The monoisotopic (exact) mass is 513 g/mol. The van der Waals surface area contributed by atoms with Gasteiger partial charge < -0.3 is 10.0 Å². The highest BCUT2D eigenvalue weighted by Crippen LogP contribution is 2.45. The van der Waals surface area contributed by atoms with Crippen molar-refractivity contribution in [1.82, 2.24) is 9.62 Å². The lowest BCUT2D eigenvalue weighted by atomic mass is 9.95. The first-order valence-electron chi connectivity index (χ1n) is 11.2. The maximum atomic E-state index is 15.5. The molecule has 2 aliphatic rings. The van der Waals surface area contributed by atoms with E-state index in [4.69, 9.17) is 4.78 Å². The van der Waals surface area contributed by atoms with E-state index in [0.29, 0.717) is 6.07 Å². The fourth-order valence-electron chi connectivity index (χ4n) is 4.45. The summed E-state index contributed by atoms with van der Waals surface area (Å²) in [6, 6.07) is 5.35. The summed E-state index contributed by atoms with van der Waals surface area (Å²) in [6.45, 7) is 2.73. The van der Waals surface area contributed by atoms with E-state index in [-0.39, 0.29) is 48.9 Å². The number of aliphatic hydroxyl groups is 1. The second-order valence-corrected chi connectivity index (χ2v) is 11.8. The van der Waals surface area contributed by atoms with Gasteiger partial charge in [0.2, 0.25) is 5.00 Å². The summed E-state index contributed by atoms with van der Waals surface area (Å²) >= 11 is 0. The van der Waals surface area contributed by atoms with Crippen LogP contribution in [0.5, 0.6) is 0 Å². The van der Waals surface area contributed by atoms with Gasteiger partial charge in [0.15, 0.2) is 0 Å². The third-order valence-corrected chi connectivity index (χ3v) is 8.56. The van der Waals surface area contributed by atoms with Crippen LogP contribution >= 0.6 is 0 Å². The minimum absolute atomic E-state index is 0.00495. The van der Waals surface area contributed by atoms with Crippen LogP contribution in [0.2, 0.25) is 0 Å². The third kappa shape index (κ3) is 5.07. The van der Waals surface area contributed by atoms with E-state index in [1.54, 1.807) is 0 Å². The number of carbonyl (C=O) groups excluding carboxylic acids is 1. The van der Waals surface area contributed by atoms with Crippen LogP contribution in [0.1, 0.15) is 38.7 Å². The van der Waals surface area contributed by atoms with Crippen LogP contribution in [0.25, 0.3) is 11.1 Å². The Hall–Kier alpha value is -2.50. The molecule has 1 unspecified atom stereocenters. The molecule has 0 aromatic heterocycles. The zero-order valence-corrected chi connectivity index (χ0v) is 20.1. The molecule has 2 fully saturated rings. The van der Waals surface area contributed by atoms with E-state index in [1.165, 1.54) is 36.9 Å². The molecule has 2 aromatic carbocycles. The van der Waals surface area contributed by atoms with Crippen molar-refractivity contribution in [2.45, 2.75) is 62.2 Å². The van der Waals surface area contributed by atoms with Crippen molar-refractivity contribution >= 4 is 15.8 Å². The van der Waals surface area contributed by atoms with Gasteiger partial charge in [0.05, 0.1) is 6.04 Å². The first-order chi connectivity index (χ1) is 16.2. The van der Waals surface area contributed by atoms with Gasteiger partial charge in [0.1, 0.15) is 33.0 Å². The first-order valence-corrected chi connectivity index (χ1v) is 12.8. The molecule has 3 N–H and O–H groups in total. The lowest BCUT2D eigenvalue weighted by molar-refractivity contribution is -0.148. The van der Waals surface area contributed by atoms with Gasteiger partial charge in [-0.05, 0) is 62.8 Å². The lowest BCUT2D eigenvalue weighted by Crippen LogP contribution is -2.53. The number of alkyl halides is 1. The number of carbonyl (C=O) groups is 1. The Kier molecular flexibility index (Phi) is 6.48. The smallest absolute Gasteiger partial charge is 0.254 e. The predicted octanol–water partition coefficient (Wildman–Crippen LogP) is 4.06. The summed E-state index contributed by atoms with van der Waals surface area (Å²) in [6.07, 6.45) is 0.0838. The van der Waals surface area contributed by atoms with Gasteiger partial charge in [-0.2, -0.15) is 0 Å². The Morgan fingerprint density at radius 3 is 2.43 bits per heavy atom. The van der Waals surface area contributed by atoms with Crippen LogP contribution in [0, 0.1) is 22.2 Å². The van der Waals surface area contributed by atoms with E-state index >= 15 is 4.39 Å². The zero-order chi connectivity index (χ0) is 25.8. The van der Waals surface area contributed by atoms with Gasteiger partial charge in [-0.25, -0.2) is 31.3 Å². The number of hydrogen-bond acceptors (Lipinski definition) is 4. The van der Waals surface area contributed by atoms with Crippen molar-refractivity contribution in [3.05, 3.63) is 59.4 Å². The molecule has 1 heterocycles. The fourth-order valence-corrected chi connectivity index (χ4v) is 6.04. The number of halogens is 4. The summed E-state index contributed by atoms with van der Waals surface area (Å²) in [4.78, 5) is 14.2. The Morgan fingerprint density at radius 2 is 1.86 bits per heavy atom. The van der Waals surface area contributed by atoms with E-state index in [2.05, 4.69) is 4.72 Å². The summed E-state index contributed by atoms with van der Waals surface area (Å²) in [5.41, 5.74) is -1.69. The maximum Gasteiger partial charge on any atom is 0.254 e. The van der Waals surface area contributed by atoms with Crippen LogP contribution in [-0.4, -0.2) is 49.4 Å². The van der Waals surface area contributed by atoms with Crippen molar-refractivity contribution in [1.29, 1.82) is 4.78 Å². The van der Waals surface area contributed by atoms with Crippen LogP contribution in [0.4, 0.5) is 17.6 Å². The number of hydrogen-bond donors (Lipinski definition) is 3. The molecule has 1 saturated heterocycles. The van der Waals surface area contributed by atoms with E-state index < -0.39 is 56.0 Å². The summed E-state index contributed by atoms with van der Waals surface area (Å²) in [7, 11) is -3.84. The van der Waals surface area contributed by atoms with Crippen LogP contribution < -0.4 is 4.72 Å². The Balaban J connectivity index is 1.69. The summed E-state index contributed by atoms with van der Waals surface area (Å²) < 4.78 is 80.9. The van der Waals surface area contributed by atoms with Crippen LogP contribution in [0.15, 0.2) is 36.4 Å². The second kappa shape index (κ2) is 8.86. The minimum Gasteiger partial charge on any atom is -0.381 e. The predicted molar refractivity (Wildman–Crippen MR) is 123 cm³/mol. The van der Waals surface area contributed by atoms with Crippen molar-refractivity contribution in [3.63, 3.8) is 0 Å². The second-order valence-electron chi connectivity index (χ2n) is 9.72. The molecular formula is C24H27F4N3O3S. The molecule has 190 valence electrons. The molecule has 0 bridgehead atoms. The Morgan fingerprint density at radius 1 is 1.23 bits per heavy atom. The molecule has 1 aliphatic carbocycles. The number of amides is 1. The molecule has 0 radical (unpaired) electrons. The largest absolute Gasteiger partial charge is 0.381 e. The van der Waals surface area contributed by atoms with Crippen LogP contribution in [0.3, 0.4) is 0 Å². The number of rotatable bonds is 7. The van der Waals surface area contributed by atoms with Gasteiger partial charge >= 0.3 is 0 Å². The molecule has 3 atom stereocenters. The van der Waals surface area contributed by atoms with Gasteiger partial charge in [-0.3, -0.25) is 4.79 Å². The molecular weight excluding hydrogens is 486 g/mol. The molecule has 1 saturated carbocycles. The van der Waals surface area contributed by atoms with E-state index in [0.717, 1.165) is 12.1 Å². The highest BCUT2D eigenvalue weighted by atomic mass is 32.2. The molecule has 0 spiro atoms. The third-order valence-electron chi connectivity index (χ3n) is 6.49. The highest BCUT2D eigenvalue weighted by molar-refractivity contribution is 7.92. The van der Waals surface area contributed by atoms with Crippen molar-refractivity contribution in [3.8, 4) is 11.1 Å². The van der Waals surface area contributed by atoms with Gasteiger partial charge in [-0.15, -0.1) is 0 Å². The molecule has 1 amide bonds. The number of likely N-dealkylation sites (tertiary alicyclic amines) is 1. The topological polar surface area (TPSA) is 93.5 Å². The quantitative estimate of drug-likeness (QED) is 0.488. The fraction of sp³-hybridized carbons (Fsp3) is 0.458. The maximum absolute atomic E-state index is 15.5. The standard InChI is InChI=1S/C24H27F4N3O3S/c1-23(2,33)22(32)31-9-6-19(30-35(29,34)24(28)7-8-24)20(31)12-14-4-3-5-18(21(14)27)15-10-16(25)13-17(26)11-15/h3-5,10-11,13,19-20,33H,6-9,12H2,1-2H3,(H2,29,30,34)/t19-,20-,35?/m0/s1. The number of benzene rings is 2. The number of nitrogens with zero attached hydrogens (tertiary/aromatic N) is 1. The van der Waals surface area contributed by atoms with Crippen molar-refractivity contribution < 1.29 is 31.7 Å². The highest BCUT2D eigenvalue weighted by Gasteiger charge is 2.55. The van der Waals surface area contributed by atoms with E-state index in [9.17, 15) is 27.3 Å². The Bertz CT molecular complexity index is 1240. The zero-order valence-electron chi connectivity index (χ0n) is 19.3. The molecule has 6 nitrogen and oxygen atoms in total. The molecule has 4 rings (SSSR count).